The minimum Gasteiger partial charge on any atom is -0.375 e. The van der Waals surface area contributed by atoms with Gasteiger partial charge >= 0.3 is 0 Å². The van der Waals surface area contributed by atoms with Gasteiger partial charge in [-0.3, -0.25) is 0 Å². The largest absolute Gasteiger partial charge is 0.375 e. The highest BCUT2D eigenvalue weighted by Gasteiger charge is 2.12. The maximum absolute atomic E-state index is 5.70. The zero-order chi connectivity index (χ0) is 12.0. The lowest BCUT2D eigenvalue weighted by atomic mass is 10.0. The molecule has 5 heteroatoms. The first-order chi connectivity index (χ1) is 8.15. The molecule has 1 aromatic carbocycles. The van der Waals surface area contributed by atoms with Crippen molar-refractivity contribution in [2.45, 2.75) is 13.8 Å². The average molecular weight is 245 g/mol. The summed E-state index contributed by atoms with van der Waals surface area (Å²) in [5.41, 5.74) is 9.62. The topological polar surface area (TPSA) is 64.9 Å². The summed E-state index contributed by atoms with van der Waals surface area (Å²) in [5, 5.41) is 4.55. The molecule has 17 heavy (non-hydrogen) atoms. The molecule has 0 aliphatic rings. The molecule has 2 aromatic heterocycles. The first kappa shape index (κ1) is 10.3. The molecule has 3 aromatic rings. The second-order valence-corrected chi connectivity index (χ2v) is 5.00. The summed E-state index contributed by atoms with van der Waals surface area (Å²) in [7, 11) is 0. The monoisotopic (exact) mass is 245 g/mol. The number of nitrogen functional groups attached to an aromatic ring is 1. The minimum atomic E-state index is 0.593. The van der Waals surface area contributed by atoms with Crippen molar-refractivity contribution in [1.82, 2.24) is 10.1 Å². The highest BCUT2D eigenvalue weighted by molar-refractivity contribution is 7.22. The molecule has 0 radical (unpaired) electrons. The Labute approximate surface area is 102 Å². The Morgan fingerprint density at radius 1 is 1.29 bits per heavy atom. The fraction of sp³-hybridized carbons (Fsp3) is 0.167. The Kier molecular flexibility index (Phi) is 2.16. The van der Waals surface area contributed by atoms with Crippen LogP contribution in [-0.4, -0.2) is 10.1 Å². The lowest BCUT2D eigenvalue weighted by Gasteiger charge is -1.99. The lowest BCUT2D eigenvalue weighted by molar-refractivity contribution is 0.393. The molecule has 4 nitrogen and oxygen atoms in total. The molecule has 3 rings (SSSR count). The summed E-state index contributed by atoms with van der Waals surface area (Å²) in [5.74, 6) is 0.824. The van der Waals surface area contributed by atoms with E-state index in [1.54, 1.807) is 0 Å². The summed E-state index contributed by atoms with van der Waals surface area (Å²) in [6, 6.07) is 6.10. The van der Waals surface area contributed by atoms with Crippen LogP contribution < -0.4 is 5.73 Å². The molecule has 0 unspecified atom stereocenters. The van der Waals surface area contributed by atoms with E-state index in [0.29, 0.717) is 5.13 Å². The lowest BCUT2D eigenvalue weighted by Crippen LogP contribution is -1.82. The second kappa shape index (κ2) is 3.56. The number of hydrogen-bond donors (Lipinski definition) is 1. The normalized spacial score (nSPS) is 11.2. The summed E-state index contributed by atoms with van der Waals surface area (Å²) >= 11 is 1.49. The van der Waals surface area contributed by atoms with Gasteiger partial charge in [-0.25, -0.2) is 4.98 Å². The van der Waals surface area contributed by atoms with Crippen molar-refractivity contribution in [3.8, 4) is 11.1 Å². The van der Waals surface area contributed by atoms with Crippen LogP contribution >= 0.6 is 11.3 Å². The third kappa shape index (κ3) is 1.59. The van der Waals surface area contributed by atoms with Crippen molar-refractivity contribution >= 4 is 26.7 Å². The molecule has 2 heterocycles. The van der Waals surface area contributed by atoms with E-state index in [0.717, 1.165) is 32.8 Å². The SMILES string of the molecule is Cc1noc(C)c1-c1ccc2sc(N)nc2c1. The van der Waals surface area contributed by atoms with Crippen molar-refractivity contribution in [3.63, 3.8) is 0 Å². The highest BCUT2D eigenvalue weighted by atomic mass is 32.1. The molecule has 0 amide bonds. The third-order valence-corrected chi connectivity index (χ3v) is 3.59. The molecule has 0 fully saturated rings. The number of aromatic nitrogens is 2. The van der Waals surface area contributed by atoms with Gasteiger partial charge in [-0.15, -0.1) is 0 Å². The van der Waals surface area contributed by atoms with Crippen LogP contribution in [0.15, 0.2) is 22.7 Å². The number of thiazole rings is 1. The van der Waals surface area contributed by atoms with Gasteiger partial charge in [0.05, 0.1) is 15.9 Å². The van der Waals surface area contributed by atoms with E-state index in [4.69, 9.17) is 10.3 Å². The number of rotatable bonds is 1. The number of hydrogen-bond acceptors (Lipinski definition) is 5. The number of anilines is 1. The van der Waals surface area contributed by atoms with Gasteiger partial charge in [0.15, 0.2) is 5.13 Å². The molecule has 0 saturated heterocycles. The number of fused-ring (bicyclic) bond motifs is 1. The van der Waals surface area contributed by atoms with Crippen LogP contribution in [0.4, 0.5) is 5.13 Å². The summed E-state index contributed by atoms with van der Waals surface area (Å²) < 4.78 is 6.27. The number of aryl methyl sites for hydroxylation is 2. The summed E-state index contributed by atoms with van der Waals surface area (Å²) in [6.45, 7) is 3.85. The highest BCUT2D eigenvalue weighted by Crippen LogP contribution is 2.31. The van der Waals surface area contributed by atoms with Gasteiger partial charge in [0, 0.05) is 5.56 Å². The molecule has 0 aliphatic heterocycles. The molecule has 0 spiro atoms. The van der Waals surface area contributed by atoms with Gasteiger partial charge in [0.2, 0.25) is 0 Å². The van der Waals surface area contributed by atoms with Crippen molar-refractivity contribution in [1.29, 1.82) is 0 Å². The van der Waals surface area contributed by atoms with Gasteiger partial charge in [-0.1, -0.05) is 22.6 Å². The van der Waals surface area contributed by atoms with Crippen LogP contribution in [0.2, 0.25) is 0 Å². The smallest absolute Gasteiger partial charge is 0.181 e. The van der Waals surface area contributed by atoms with E-state index in [1.807, 2.05) is 32.0 Å². The second-order valence-electron chi connectivity index (χ2n) is 3.93. The van der Waals surface area contributed by atoms with E-state index < -0.39 is 0 Å². The van der Waals surface area contributed by atoms with Crippen molar-refractivity contribution in [2.24, 2.45) is 0 Å². The van der Waals surface area contributed by atoms with E-state index in [1.165, 1.54) is 11.3 Å². The first-order valence-corrected chi connectivity index (χ1v) is 6.06. The Morgan fingerprint density at radius 3 is 2.82 bits per heavy atom. The van der Waals surface area contributed by atoms with Gasteiger partial charge in [0.25, 0.3) is 0 Å². The van der Waals surface area contributed by atoms with Crippen LogP contribution in [0.1, 0.15) is 11.5 Å². The van der Waals surface area contributed by atoms with Crippen LogP contribution in [0, 0.1) is 13.8 Å². The summed E-state index contributed by atoms with van der Waals surface area (Å²) in [6.07, 6.45) is 0. The van der Waals surface area contributed by atoms with Crippen LogP contribution in [0.3, 0.4) is 0 Å². The van der Waals surface area contributed by atoms with Crippen LogP contribution in [-0.2, 0) is 0 Å². The minimum absolute atomic E-state index is 0.593. The number of benzene rings is 1. The van der Waals surface area contributed by atoms with E-state index >= 15 is 0 Å². The molecule has 86 valence electrons. The van der Waals surface area contributed by atoms with Crippen molar-refractivity contribution < 1.29 is 4.52 Å². The standard InChI is InChI=1S/C12H11N3OS/c1-6-11(7(2)16-15-6)8-3-4-10-9(5-8)14-12(13)17-10/h3-5H,1-2H3,(H2,13,14). The Bertz CT molecular complexity index is 679. The maximum Gasteiger partial charge on any atom is 0.181 e. The predicted octanol–water partition coefficient (Wildman–Crippen LogP) is 3.15. The zero-order valence-corrected chi connectivity index (χ0v) is 10.3. The van der Waals surface area contributed by atoms with E-state index in [-0.39, 0.29) is 0 Å². The molecule has 0 aliphatic carbocycles. The number of nitrogens with two attached hydrogens (primary N) is 1. The first-order valence-electron chi connectivity index (χ1n) is 5.24. The van der Waals surface area contributed by atoms with E-state index in [9.17, 15) is 0 Å². The Morgan fingerprint density at radius 2 is 2.12 bits per heavy atom. The third-order valence-electron chi connectivity index (χ3n) is 2.73. The Balaban J connectivity index is 2.24. The quantitative estimate of drug-likeness (QED) is 0.715. The molecule has 0 saturated carbocycles. The van der Waals surface area contributed by atoms with Gasteiger partial charge in [0.1, 0.15) is 5.76 Å². The summed E-state index contributed by atoms with van der Waals surface area (Å²) in [4.78, 5) is 4.29. The van der Waals surface area contributed by atoms with E-state index in [2.05, 4.69) is 10.1 Å². The van der Waals surface area contributed by atoms with Gasteiger partial charge in [-0.05, 0) is 31.5 Å². The molecule has 0 atom stereocenters. The van der Waals surface area contributed by atoms with Crippen LogP contribution in [0.5, 0.6) is 0 Å². The Hall–Kier alpha value is -1.88. The maximum atomic E-state index is 5.70. The fourth-order valence-corrected chi connectivity index (χ4v) is 2.71. The van der Waals surface area contributed by atoms with Crippen LogP contribution in [0.25, 0.3) is 21.3 Å². The molecule has 0 bridgehead atoms. The zero-order valence-electron chi connectivity index (χ0n) is 9.52. The fourth-order valence-electron chi connectivity index (χ4n) is 2.00. The van der Waals surface area contributed by atoms with Crippen molar-refractivity contribution in [3.05, 3.63) is 29.7 Å². The van der Waals surface area contributed by atoms with Gasteiger partial charge in [-0.2, -0.15) is 0 Å². The molecular formula is C12H11N3OS. The van der Waals surface area contributed by atoms with Gasteiger partial charge < -0.3 is 10.3 Å². The predicted molar refractivity (Wildman–Crippen MR) is 69.0 cm³/mol. The molecule has 2 N–H and O–H groups in total. The average Bonchev–Trinajstić information content (AvgIpc) is 2.80. The molecular weight excluding hydrogens is 234 g/mol. The number of nitrogens with zero attached hydrogens (tertiary/aromatic N) is 2. The van der Waals surface area contributed by atoms with Crippen molar-refractivity contribution in [2.75, 3.05) is 5.73 Å².